The molecule has 0 atom stereocenters. The van der Waals surface area contributed by atoms with E-state index in [0.29, 0.717) is 12.6 Å². The first-order valence-electron chi connectivity index (χ1n) is 6.76. The average molecular weight is 241 g/mol. The van der Waals surface area contributed by atoms with Gasteiger partial charge in [-0.3, -0.25) is 9.69 Å². The van der Waals surface area contributed by atoms with Gasteiger partial charge in [0.1, 0.15) is 0 Å². The minimum absolute atomic E-state index is 0.236. The lowest BCUT2D eigenvalue weighted by atomic mass is 10.0. The van der Waals surface area contributed by atoms with E-state index in [1.165, 1.54) is 0 Å². The maximum absolute atomic E-state index is 12.1. The van der Waals surface area contributed by atoms with Crippen LogP contribution < -0.4 is 5.32 Å². The van der Waals surface area contributed by atoms with Gasteiger partial charge < -0.3 is 10.2 Å². The van der Waals surface area contributed by atoms with Gasteiger partial charge in [-0.2, -0.15) is 0 Å². The fourth-order valence-corrected chi connectivity index (χ4v) is 2.24. The summed E-state index contributed by atoms with van der Waals surface area (Å²) in [7, 11) is 1.89. The Bertz CT molecular complexity index is 237. The summed E-state index contributed by atoms with van der Waals surface area (Å²) in [6.07, 6.45) is 2.32. The van der Waals surface area contributed by atoms with Gasteiger partial charge in [0, 0.05) is 19.1 Å². The molecule has 1 fully saturated rings. The molecule has 0 saturated carbocycles. The summed E-state index contributed by atoms with van der Waals surface area (Å²) in [6.45, 7) is 9.94. The zero-order chi connectivity index (χ0) is 12.8. The van der Waals surface area contributed by atoms with Gasteiger partial charge in [0.2, 0.25) is 5.91 Å². The van der Waals surface area contributed by atoms with Crippen molar-refractivity contribution in [3.63, 3.8) is 0 Å². The molecule has 0 unspecified atom stereocenters. The highest BCUT2D eigenvalue weighted by atomic mass is 16.2. The molecule has 0 aromatic rings. The van der Waals surface area contributed by atoms with Crippen LogP contribution >= 0.6 is 0 Å². The van der Waals surface area contributed by atoms with Gasteiger partial charge in [-0.25, -0.2) is 0 Å². The Hall–Kier alpha value is -0.610. The number of nitrogens with one attached hydrogen (secondary N) is 1. The summed E-state index contributed by atoms with van der Waals surface area (Å²) in [6, 6.07) is 0.861. The van der Waals surface area contributed by atoms with Crippen molar-refractivity contribution in [2.24, 2.45) is 0 Å². The van der Waals surface area contributed by atoms with Crippen molar-refractivity contribution in [3.8, 4) is 0 Å². The van der Waals surface area contributed by atoms with Crippen LogP contribution in [0.3, 0.4) is 0 Å². The first kappa shape index (κ1) is 14.5. The second-order valence-corrected chi connectivity index (χ2v) is 5.14. The molecule has 0 aromatic heterocycles. The molecular formula is C13H27N3O. The predicted octanol–water partition coefficient (Wildman–Crippen LogP) is 0.927. The number of rotatable bonds is 5. The largest absolute Gasteiger partial charge is 0.342 e. The Kier molecular flexibility index (Phi) is 5.92. The predicted molar refractivity (Wildman–Crippen MR) is 71.0 cm³/mol. The molecule has 17 heavy (non-hydrogen) atoms. The first-order valence-corrected chi connectivity index (χ1v) is 6.76. The molecule has 1 aliphatic heterocycles. The van der Waals surface area contributed by atoms with Crippen molar-refractivity contribution < 1.29 is 4.79 Å². The molecule has 1 rings (SSSR count). The molecular weight excluding hydrogens is 214 g/mol. The Labute approximate surface area is 105 Å². The van der Waals surface area contributed by atoms with Gasteiger partial charge in [-0.1, -0.05) is 6.92 Å². The Morgan fingerprint density at radius 2 is 1.94 bits per heavy atom. The van der Waals surface area contributed by atoms with Gasteiger partial charge >= 0.3 is 0 Å². The number of carbonyl (C=O) groups is 1. The Morgan fingerprint density at radius 1 is 1.35 bits per heavy atom. The molecule has 0 aliphatic carbocycles. The minimum Gasteiger partial charge on any atom is -0.342 e. The summed E-state index contributed by atoms with van der Waals surface area (Å²) in [4.78, 5) is 16.2. The molecule has 0 aromatic carbocycles. The average Bonchev–Trinajstić information content (AvgIpc) is 2.35. The maximum Gasteiger partial charge on any atom is 0.236 e. The summed E-state index contributed by atoms with van der Waals surface area (Å²) >= 11 is 0. The van der Waals surface area contributed by atoms with E-state index in [9.17, 15) is 4.79 Å². The van der Waals surface area contributed by atoms with Crippen LogP contribution in [0.1, 0.15) is 33.6 Å². The van der Waals surface area contributed by atoms with Gasteiger partial charge in [0.25, 0.3) is 0 Å². The molecule has 4 nitrogen and oxygen atoms in total. The highest BCUT2D eigenvalue weighted by Gasteiger charge is 2.23. The van der Waals surface area contributed by atoms with Crippen molar-refractivity contribution >= 4 is 5.91 Å². The van der Waals surface area contributed by atoms with E-state index in [2.05, 4.69) is 31.0 Å². The molecule has 1 N–H and O–H groups in total. The van der Waals surface area contributed by atoms with E-state index in [0.717, 1.165) is 32.5 Å². The molecule has 0 radical (unpaired) electrons. The fraction of sp³-hybridized carbons (Fsp3) is 0.923. The zero-order valence-electron chi connectivity index (χ0n) is 11.7. The molecule has 0 bridgehead atoms. The zero-order valence-corrected chi connectivity index (χ0v) is 11.7. The minimum atomic E-state index is 0.236. The van der Waals surface area contributed by atoms with Crippen molar-refractivity contribution in [1.29, 1.82) is 0 Å². The van der Waals surface area contributed by atoms with Crippen LogP contribution in [0.25, 0.3) is 0 Å². The van der Waals surface area contributed by atoms with Gasteiger partial charge in [0.05, 0.1) is 6.54 Å². The van der Waals surface area contributed by atoms with Crippen LogP contribution in [0, 0.1) is 0 Å². The smallest absolute Gasteiger partial charge is 0.236 e. The Balaban J connectivity index is 2.47. The normalized spacial score (nSPS) is 17.8. The number of likely N-dealkylation sites (N-methyl/N-ethyl adjacent to an activating group) is 2. The number of nitrogens with zero attached hydrogens (tertiary/aromatic N) is 2. The van der Waals surface area contributed by atoms with E-state index in [1.54, 1.807) is 0 Å². The molecule has 1 saturated heterocycles. The van der Waals surface area contributed by atoms with Gasteiger partial charge in [0.15, 0.2) is 0 Å². The van der Waals surface area contributed by atoms with Crippen LogP contribution in [0.15, 0.2) is 0 Å². The molecule has 1 aliphatic rings. The lowest BCUT2D eigenvalue weighted by Crippen LogP contribution is -2.48. The van der Waals surface area contributed by atoms with E-state index in [1.807, 2.05) is 11.9 Å². The van der Waals surface area contributed by atoms with E-state index < -0.39 is 0 Å². The summed E-state index contributed by atoms with van der Waals surface area (Å²) in [5.74, 6) is 0.236. The SMILES string of the molecule is CCN(CC(=O)N(C)C(C)C)C1CCNCC1. The molecule has 1 heterocycles. The second kappa shape index (κ2) is 6.97. The quantitative estimate of drug-likeness (QED) is 0.778. The topological polar surface area (TPSA) is 35.6 Å². The number of hydrogen-bond acceptors (Lipinski definition) is 3. The number of piperidine rings is 1. The summed E-state index contributed by atoms with van der Waals surface area (Å²) in [5, 5.41) is 3.37. The molecule has 100 valence electrons. The summed E-state index contributed by atoms with van der Waals surface area (Å²) < 4.78 is 0. The van der Waals surface area contributed by atoms with E-state index in [-0.39, 0.29) is 11.9 Å². The number of hydrogen-bond donors (Lipinski definition) is 1. The fourth-order valence-electron chi connectivity index (χ4n) is 2.24. The third-order valence-corrected chi connectivity index (χ3v) is 3.74. The second-order valence-electron chi connectivity index (χ2n) is 5.14. The van der Waals surface area contributed by atoms with Crippen LogP contribution in [0.2, 0.25) is 0 Å². The standard InChI is InChI=1S/C13H27N3O/c1-5-16(12-6-8-14-9-7-12)10-13(17)15(4)11(2)3/h11-12,14H,5-10H2,1-4H3. The highest BCUT2D eigenvalue weighted by Crippen LogP contribution is 2.11. The van der Waals surface area contributed by atoms with E-state index in [4.69, 9.17) is 0 Å². The first-order chi connectivity index (χ1) is 8.06. The van der Waals surface area contributed by atoms with Crippen molar-refractivity contribution in [2.75, 3.05) is 33.2 Å². The van der Waals surface area contributed by atoms with Gasteiger partial charge in [-0.15, -0.1) is 0 Å². The van der Waals surface area contributed by atoms with Crippen molar-refractivity contribution in [1.82, 2.24) is 15.1 Å². The van der Waals surface area contributed by atoms with Crippen molar-refractivity contribution in [2.45, 2.75) is 45.7 Å². The van der Waals surface area contributed by atoms with Crippen LogP contribution in [0.4, 0.5) is 0 Å². The highest BCUT2D eigenvalue weighted by molar-refractivity contribution is 5.78. The monoisotopic (exact) mass is 241 g/mol. The summed E-state index contributed by atoms with van der Waals surface area (Å²) in [5.41, 5.74) is 0. The lowest BCUT2D eigenvalue weighted by Gasteiger charge is -2.34. The van der Waals surface area contributed by atoms with E-state index >= 15 is 0 Å². The van der Waals surface area contributed by atoms with Crippen LogP contribution in [-0.4, -0.2) is 61.0 Å². The number of carbonyl (C=O) groups excluding carboxylic acids is 1. The molecule has 4 heteroatoms. The third-order valence-electron chi connectivity index (χ3n) is 3.74. The maximum atomic E-state index is 12.1. The number of amides is 1. The third kappa shape index (κ3) is 4.28. The lowest BCUT2D eigenvalue weighted by molar-refractivity contribution is -0.133. The van der Waals surface area contributed by atoms with Gasteiger partial charge in [-0.05, 0) is 46.3 Å². The van der Waals surface area contributed by atoms with Crippen LogP contribution in [-0.2, 0) is 4.79 Å². The van der Waals surface area contributed by atoms with Crippen LogP contribution in [0.5, 0.6) is 0 Å². The molecule has 1 amide bonds. The van der Waals surface area contributed by atoms with Crippen molar-refractivity contribution in [3.05, 3.63) is 0 Å². The molecule has 0 spiro atoms. The Morgan fingerprint density at radius 3 is 2.41 bits per heavy atom.